The van der Waals surface area contributed by atoms with Crippen LogP contribution < -0.4 is 5.32 Å². The molecule has 4 nitrogen and oxygen atoms in total. The van der Waals surface area contributed by atoms with Gasteiger partial charge in [0.2, 0.25) is 0 Å². The molecule has 0 radical (unpaired) electrons. The molecule has 0 bridgehead atoms. The summed E-state index contributed by atoms with van der Waals surface area (Å²) in [4.78, 5) is 4.38. The van der Waals surface area contributed by atoms with Gasteiger partial charge in [-0.15, -0.1) is 0 Å². The maximum Gasteiger partial charge on any atom is 0.138 e. The minimum Gasteiger partial charge on any atom is -0.314 e. The Labute approximate surface area is 105 Å². The van der Waals surface area contributed by atoms with Crippen molar-refractivity contribution in [3.63, 3.8) is 0 Å². The molecule has 4 heteroatoms. The van der Waals surface area contributed by atoms with Crippen molar-refractivity contribution in [1.82, 2.24) is 20.1 Å². The average molecular weight is 238 g/mol. The van der Waals surface area contributed by atoms with Crippen LogP contribution in [0, 0.1) is 5.92 Å². The second kappa shape index (κ2) is 6.74. The van der Waals surface area contributed by atoms with Crippen LogP contribution in [-0.4, -0.2) is 27.4 Å². The summed E-state index contributed by atoms with van der Waals surface area (Å²) in [5, 5.41) is 7.78. The van der Waals surface area contributed by atoms with Crippen LogP contribution in [0.1, 0.15) is 52.9 Å². The van der Waals surface area contributed by atoms with Crippen LogP contribution in [0.15, 0.2) is 6.33 Å². The van der Waals surface area contributed by atoms with Gasteiger partial charge in [-0.2, -0.15) is 5.10 Å². The summed E-state index contributed by atoms with van der Waals surface area (Å²) in [5.41, 5.74) is 0. The van der Waals surface area contributed by atoms with Gasteiger partial charge < -0.3 is 5.32 Å². The maximum atomic E-state index is 4.38. The Kier molecular flexibility index (Phi) is 5.62. The predicted molar refractivity (Wildman–Crippen MR) is 71.0 cm³/mol. The largest absolute Gasteiger partial charge is 0.314 e. The number of nitrogens with zero attached hydrogens (tertiary/aromatic N) is 3. The van der Waals surface area contributed by atoms with Crippen molar-refractivity contribution in [2.75, 3.05) is 6.54 Å². The highest BCUT2D eigenvalue weighted by Crippen LogP contribution is 2.13. The number of hydrogen-bond donors (Lipinski definition) is 1. The van der Waals surface area contributed by atoms with Crippen LogP contribution in [0.5, 0.6) is 0 Å². The highest BCUT2D eigenvalue weighted by Gasteiger charge is 2.14. The van der Waals surface area contributed by atoms with Crippen LogP contribution in [0.2, 0.25) is 0 Å². The highest BCUT2D eigenvalue weighted by molar-refractivity contribution is 4.89. The van der Waals surface area contributed by atoms with Crippen molar-refractivity contribution in [2.45, 2.75) is 59.5 Å². The van der Waals surface area contributed by atoms with Gasteiger partial charge >= 0.3 is 0 Å². The summed E-state index contributed by atoms with van der Waals surface area (Å²) < 4.78 is 2.03. The summed E-state index contributed by atoms with van der Waals surface area (Å²) in [5.74, 6) is 1.75. The lowest BCUT2D eigenvalue weighted by atomic mass is 10.0. The fourth-order valence-electron chi connectivity index (χ4n) is 1.87. The molecule has 1 unspecified atom stereocenters. The van der Waals surface area contributed by atoms with Gasteiger partial charge in [-0.1, -0.05) is 27.2 Å². The van der Waals surface area contributed by atoms with E-state index in [0.29, 0.717) is 18.0 Å². The van der Waals surface area contributed by atoms with Gasteiger partial charge in [-0.05, 0) is 26.3 Å². The summed E-state index contributed by atoms with van der Waals surface area (Å²) in [6, 6.07) is 0.940. The van der Waals surface area contributed by atoms with Crippen molar-refractivity contribution in [3.05, 3.63) is 12.2 Å². The van der Waals surface area contributed by atoms with Crippen molar-refractivity contribution in [3.8, 4) is 0 Å². The predicted octanol–water partition coefficient (Wildman–Crippen LogP) is 2.43. The van der Waals surface area contributed by atoms with Crippen molar-refractivity contribution in [1.29, 1.82) is 0 Å². The number of nitrogens with one attached hydrogen (secondary N) is 1. The lowest BCUT2D eigenvalue weighted by Crippen LogP contribution is -2.30. The maximum absolute atomic E-state index is 4.38. The van der Waals surface area contributed by atoms with E-state index in [1.807, 2.05) is 4.68 Å². The van der Waals surface area contributed by atoms with Gasteiger partial charge in [-0.3, -0.25) is 0 Å². The Balaban J connectivity index is 2.57. The van der Waals surface area contributed by atoms with E-state index in [1.165, 1.54) is 6.42 Å². The Morgan fingerprint density at radius 3 is 2.53 bits per heavy atom. The molecule has 1 aromatic heterocycles. The third-order valence-corrected chi connectivity index (χ3v) is 3.00. The van der Waals surface area contributed by atoms with Gasteiger partial charge in [-0.25, -0.2) is 9.67 Å². The first-order valence-corrected chi connectivity index (χ1v) is 6.66. The molecule has 1 rings (SSSR count). The first-order valence-electron chi connectivity index (χ1n) is 6.66. The second-order valence-corrected chi connectivity index (χ2v) is 5.26. The highest BCUT2D eigenvalue weighted by atomic mass is 15.3. The fraction of sp³-hybridized carbons (Fsp3) is 0.846. The molecular weight excluding hydrogens is 212 g/mol. The monoisotopic (exact) mass is 238 g/mol. The zero-order chi connectivity index (χ0) is 12.8. The van der Waals surface area contributed by atoms with Crippen LogP contribution in [0.4, 0.5) is 0 Å². The molecule has 98 valence electrons. The standard InChI is InChI=1S/C13H26N4/c1-6-12(8-14-10(2)3)7-13-15-9-16-17(13)11(4)5/h9-12,14H,6-8H2,1-5H3. The van der Waals surface area contributed by atoms with E-state index in [9.17, 15) is 0 Å². The van der Waals surface area contributed by atoms with Crippen molar-refractivity contribution < 1.29 is 0 Å². The molecule has 0 aliphatic carbocycles. The van der Waals surface area contributed by atoms with Gasteiger partial charge in [0, 0.05) is 18.5 Å². The normalized spacial score (nSPS) is 13.6. The Bertz CT molecular complexity index is 317. The Morgan fingerprint density at radius 1 is 1.29 bits per heavy atom. The first kappa shape index (κ1) is 14.2. The minimum atomic E-state index is 0.392. The molecule has 0 aliphatic heterocycles. The second-order valence-electron chi connectivity index (χ2n) is 5.26. The quantitative estimate of drug-likeness (QED) is 0.793. The van der Waals surface area contributed by atoms with E-state index in [1.54, 1.807) is 6.33 Å². The van der Waals surface area contributed by atoms with Crippen molar-refractivity contribution in [2.24, 2.45) is 5.92 Å². The molecule has 0 amide bonds. The molecule has 1 N–H and O–H groups in total. The summed E-state index contributed by atoms with van der Waals surface area (Å²) >= 11 is 0. The SMILES string of the molecule is CCC(CNC(C)C)Cc1ncnn1C(C)C. The van der Waals surface area contributed by atoms with E-state index in [4.69, 9.17) is 0 Å². The Morgan fingerprint density at radius 2 is 2.00 bits per heavy atom. The molecular formula is C13H26N4. The van der Waals surface area contributed by atoms with E-state index >= 15 is 0 Å². The van der Waals surface area contributed by atoms with Gasteiger partial charge in [0.15, 0.2) is 0 Å². The van der Waals surface area contributed by atoms with Gasteiger partial charge in [0.1, 0.15) is 12.2 Å². The Hall–Kier alpha value is -0.900. The minimum absolute atomic E-state index is 0.392. The van der Waals surface area contributed by atoms with Crippen LogP contribution >= 0.6 is 0 Å². The van der Waals surface area contributed by atoms with Crippen molar-refractivity contribution >= 4 is 0 Å². The molecule has 1 atom stereocenters. The number of aromatic nitrogens is 3. The van der Waals surface area contributed by atoms with E-state index in [0.717, 1.165) is 18.8 Å². The molecule has 1 heterocycles. The summed E-state index contributed by atoms with van der Waals surface area (Å²) in [7, 11) is 0. The van der Waals surface area contributed by atoms with Gasteiger partial charge in [0.05, 0.1) is 0 Å². The fourth-order valence-corrected chi connectivity index (χ4v) is 1.87. The lowest BCUT2D eigenvalue weighted by Gasteiger charge is -2.18. The summed E-state index contributed by atoms with van der Waals surface area (Å²) in [6.07, 6.45) is 3.84. The third-order valence-electron chi connectivity index (χ3n) is 3.00. The first-order chi connectivity index (χ1) is 8.04. The van der Waals surface area contributed by atoms with E-state index < -0.39 is 0 Å². The van der Waals surface area contributed by atoms with Gasteiger partial charge in [0.25, 0.3) is 0 Å². The topological polar surface area (TPSA) is 42.7 Å². The molecule has 0 fully saturated rings. The van der Waals surface area contributed by atoms with E-state index in [2.05, 4.69) is 50.0 Å². The molecule has 17 heavy (non-hydrogen) atoms. The molecule has 1 aromatic rings. The molecule has 0 aliphatic rings. The molecule has 0 spiro atoms. The zero-order valence-corrected chi connectivity index (χ0v) is 11.8. The van der Waals surface area contributed by atoms with Crippen LogP contribution in [0.3, 0.4) is 0 Å². The average Bonchev–Trinajstić information content (AvgIpc) is 2.71. The van der Waals surface area contributed by atoms with E-state index in [-0.39, 0.29) is 0 Å². The molecule has 0 saturated carbocycles. The summed E-state index contributed by atoms with van der Waals surface area (Å²) in [6.45, 7) is 11.9. The third kappa shape index (κ3) is 4.46. The van der Waals surface area contributed by atoms with Crippen LogP contribution in [-0.2, 0) is 6.42 Å². The van der Waals surface area contributed by atoms with Crippen LogP contribution in [0.25, 0.3) is 0 Å². The molecule has 0 aromatic carbocycles. The molecule has 0 saturated heterocycles. The number of hydrogen-bond acceptors (Lipinski definition) is 3. The number of rotatable bonds is 7. The smallest absolute Gasteiger partial charge is 0.138 e. The lowest BCUT2D eigenvalue weighted by molar-refractivity contribution is 0.408. The zero-order valence-electron chi connectivity index (χ0n) is 11.8.